The van der Waals surface area contributed by atoms with Crippen molar-refractivity contribution in [2.45, 2.75) is 89.9 Å². The van der Waals surface area contributed by atoms with Gasteiger partial charge in [-0.15, -0.1) is 0 Å². The Labute approximate surface area is 608 Å². The molecule has 21 rings (SSSR count). The fourth-order valence-corrected chi connectivity index (χ4v) is 20.3. The van der Waals surface area contributed by atoms with E-state index in [-0.39, 0.29) is 28.4 Å². The Kier molecular flexibility index (Phi) is 12.8. The van der Waals surface area contributed by atoms with Crippen molar-refractivity contribution in [3.8, 4) is 50.4 Å². The molecule has 0 unspecified atom stereocenters. The zero-order valence-electron chi connectivity index (χ0n) is 60.1. The van der Waals surface area contributed by atoms with Gasteiger partial charge in [-0.25, -0.2) is 0 Å². The maximum absolute atomic E-state index is 2.63. The monoisotopic (exact) mass is 1340 g/mol. The first kappa shape index (κ1) is 60.9. The zero-order chi connectivity index (χ0) is 69.9. The summed E-state index contributed by atoms with van der Waals surface area (Å²) in [5.74, 6) is 0. The van der Waals surface area contributed by atoms with E-state index in [0.29, 0.717) is 0 Å². The summed E-state index contributed by atoms with van der Waals surface area (Å²) in [6, 6.07) is 116. The molecule has 17 aromatic rings. The minimum absolute atomic E-state index is 0.0692. The van der Waals surface area contributed by atoms with E-state index in [9.17, 15) is 0 Å². The van der Waals surface area contributed by atoms with E-state index >= 15 is 0 Å². The molecule has 0 fully saturated rings. The molecule has 5 heterocycles. The van der Waals surface area contributed by atoms with Gasteiger partial charge in [-0.3, -0.25) is 0 Å². The van der Waals surface area contributed by atoms with Crippen molar-refractivity contribution in [2.75, 3.05) is 9.80 Å². The van der Waals surface area contributed by atoms with Gasteiger partial charge < -0.3 is 23.5 Å². The van der Waals surface area contributed by atoms with Gasteiger partial charge in [0.2, 0.25) is 0 Å². The van der Waals surface area contributed by atoms with Crippen LogP contribution in [0.1, 0.15) is 90.5 Å². The quantitative estimate of drug-likeness (QED) is 0.141. The van der Waals surface area contributed by atoms with E-state index in [2.05, 4.69) is 382 Å². The summed E-state index contributed by atoms with van der Waals surface area (Å²) in [4.78, 5) is 5.25. The SMILES string of the molecule is CC1(C)CC(C)(C)c2cc(-c3ccc(N4c5cc(-n6c7ccccc7c7ccccc76)ccc5B5c6ccc(-n7c8ccccc8c8ccccc87)cc6N(c6ccc(-c7ccc8c(c7)C(C)(C)CC8(C)C)cc6)c6cc(-n7c8ccccc8c8cc(-c9ccccc9)ccc87)cc4c65)cc3)ccc21. The lowest BCUT2D eigenvalue weighted by molar-refractivity contribution is 0.402. The highest BCUT2D eigenvalue weighted by Gasteiger charge is 2.46. The van der Waals surface area contributed by atoms with Gasteiger partial charge >= 0.3 is 0 Å². The van der Waals surface area contributed by atoms with Crippen LogP contribution in [0.3, 0.4) is 0 Å². The van der Waals surface area contributed by atoms with Crippen LogP contribution in [0.4, 0.5) is 34.1 Å². The number of benzene rings is 14. The molecule has 104 heavy (non-hydrogen) atoms. The maximum atomic E-state index is 2.63. The molecule has 0 radical (unpaired) electrons. The molecule has 4 aliphatic rings. The number of nitrogens with zero attached hydrogens (tertiary/aromatic N) is 5. The summed E-state index contributed by atoms with van der Waals surface area (Å²) in [5, 5.41) is 7.38. The zero-order valence-corrected chi connectivity index (χ0v) is 60.1. The number of hydrogen-bond donors (Lipinski definition) is 0. The molecule has 498 valence electrons. The summed E-state index contributed by atoms with van der Waals surface area (Å²) in [6.07, 6.45) is 2.25. The van der Waals surface area contributed by atoms with Crippen molar-refractivity contribution in [2.24, 2.45) is 0 Å². The Balaban J connectivity index is 0.855. The lowest BCUT2D eigenvalue weighted by Crippen LogP contribution is -2.61. The predicted octanol–water partition coefficient (Wildman–Crippen LogP) is 24.0. The standard InChI is InChI=1S/C98H78BN5/c1-95(2)59-97(5,6)80-53-65(38-47-78(80)95)62-34-41-67(42-35-62)100-90-55-69(102-84-29-17-12-24-72(84)73-25-13-18-30-85(73)102)45-49-82(90)99-83-50-46-70(103-86-31-19-14-26-74(86)75-27-15-20-32-87(75)103)56-91(83)101(68-43-36-63(37-44-68)66-39-48-79-81(54-66)98(7,8)60-96(79,3)4)93-58-71(57-92(100)94(93)99)104-88-33-21-16-28-76(88)77-52-64(40-51-89(77)104)61-22-10-9-11-23-61/h9-58H,59-60H2,1-8H3. The van der Waals surface area contributed by atoms with Gasteiger partial charge in [0.15, 0.2) is 0 Å². The van der Waals surface area contributed by atoms with Crippen LogP contribution in [0.25, 0.3) is 116 Å². The number of anilines is 6. The van der Waals surface area contributed by atoms with Crippen molar-refractivity contribution in [1.29, 1.82) is 0 Å². The summed E-state index contributed by atoms with van der Waals surface area (Å²) in [7, 11) is 0. The largest absolute Gasteiger partial charge is 0.311 e. The summed E-state index contributed by atoms with van der Waals surface area (Å²) in [5.41, 5.74) is 34.3. The second kappa shape index (κ2) is 21.8. The van der Waals surface area contributed by atoms with Crippen LogP contribution in [0, 0.1) is 0 Å². The second-order valence-electron chi connectivity index (χ2n) is 32.7. The first-order valence-corrected chi connectivity index (χ1v) is 37.2. The van der Waals surface area contributed by atoms with Gasteiger partial charge in [-0.05, 0) is 210 Å². The van der Waals surface area contributed by atoms with E-state index in [1.54, 1.807) is 0 Å². The lowest BCUT2D eigenvalue weighted by atomic mass is 9.33. The molecule has 6 heteroatoms. The topological polar surface area (TPSA) is 21.3 Å². The first-order chi connectivity index (χ1) is 50.5. The number of fused-ring (bicyclic) bond motifs is 15. The van der Waals surface area contributed by atoms with Crippen LogP contribution in [0.5, 0.6) is 0 Å². The Morgan fingerprint density at radius 2 is 0.538 bits per heavy atom. The molecule has 0 amide bonds. The van der Waals surface area contributed by atoms with Crippen molar-refractivity contribution >= 4 is 123 Å². The maximum Gasteiger partial charge on any atom is 0.252 e. The third-order valence-electron chi connectivity index (χ3n) is 24.4. The minimum Gasteiger partial charge on any atom is -0.311 e. The number of para-hydroxylation sites is 5. The fraction of sp³-hybridized carbons (Fsp3) is 0.143. The summed E-state index contributed by atoms with van der Waals surface area (Å²) in [6.45, 7) is 19.2. The molecular weight excluding hydrogens is 1260 g/mol. The molecule has 0 saturated carbocycles. The number of rotatable bonds is 8. The van der Waals surface area contributed by atoms with Crippen LogP contribution >= 0.6 is 0 Å². The van der Waals surface area contributed by atoms with Gasteiger partial charge in [-0.1, -0.05) is 256 Å². The van der Waals surface area contributed by atoms with Crippen LogP contribution in [0.2, 0.25) is 0 Å². The van der Waals surface area contributed by atoms with E-state index in [1.165, 1.54) is 126 Å². The fourth-order valence-electron chi connectivity index (χ4n) is 20.3. The average Bonchev–Trinajstić information content (AvgIpc) is 1.67. The smallest absolute Gasteiger partial charge is 0.252 e. The number of aromatic nitrogens is 3. The van der Waals surface area contributed by atoms with E-state index < -0.39 is 0 Å². The van der Waals surface area contributed by atoms with Gasteiger partial charge in [-0.2, -0.15) is 0 Å². The molecule has 0 bridgehead atoms. The first-order valence-electron chi connectivity index (χ1n) is 37.2. The highest BCUT2D eigenvalue weighted by molar-refractivity contribution is 7.00. The van der Waals surface area contributed by atoms with Crippen molar-refractivity contribution in [3.05, 3.63) is 326 Å². The van der Waals surface area contributed by atoms with Gasteiger partial charge in [0, 0.05) is 77.8 Å². The van der Waals surface area contributed by atoms with Gasteiger partial charge in [0.05, 0.1) is 38.8 Å². The highest BCUT2D eigenvalue weighted by Crippen LogP contribution is 2.54. The molecule has 5 nitrogen and oxygen atoms in total. The van der Waals surface area contributed by atoms with Crippen LogP contribution in [0.15, 0.2) is 303 Å². The third kappa shape index (κ3) is 8.87. The molecule has 0 spiro atoms. The van der Waals surface area contributed by atoms with Crippen molar-refractivity contribution in [3.63, 3.8) is 0 Å². The second-order valence-corrected chi connectivity index (χ2v) is 32.7. The minimum atomic E-state index is -0.186. The molecule has 14 aromatic carbocycles. The van der Waals surface area contributed by atoms with E-state index in [1.807, 2.05) is 0 Å². The number of hydrogen-bond acceptors (Lipinski definition) is 2. The third-order valence-corrected chi connectivity index (χ3v) is 24.4. The Bertz CT molecular complexity index is 6070. The molecule has 0 N–H and O–H groups in total. The molecule has 2 aliphatic carbocycles. The van der Waals surface area contributed by atoms with Crippen molar-refractivity contribution < 1.29 is 0 Å². The van der Waals surface area contributed by atoms with E-state index in [4.69, 9.17) is 0 Å². The Morgan fingerprint density at radius 3 is 0.962 bits per heavy atom. The summed E-state index contributed by atoms with van der Waals surface area (Å²) < 4.78 is 7.53. The van der Waals surface area contributed by atoms with Crippen molar-refractivity contribution in [1.82, 2.24) is 13.7 Å². The highest BCUT2D eigenvalue weighted by atomic mass is 15.2. The van der Waals surface area contributed by atoms with Crippen LogP contribution < -0.4 is 26.2 Å². The summed E-state index contributed by atoms with van der Waals surface area (Å²) >= 11 is 0. The predicted molar refractivity (Wildman–Crippen MR) is 441 cm³/mol. The average molecular weight is 1340 g/mol. The normalized spacial score (nSPS) is 15.7. The molecule has 0 saturated heterocycles. The van der Waals surface area contributed by atoms with E-state index in [0.717, 1.165) is 75.1 Å². The van der Waals surface area contributed by atoms with Crippen LogP contribution in [-0.4, -0.2) is 20.4 Å². The lowest BCUT2D eigenvalue weighted by Gasteiger charge is -2.44. The molecule has 0 atom stereocenters. The molecule has 2 aliphatic heterocycles. The Hall–Kier alpha value is -11.9. The molecular formula is C98H78BN5. The molecule has 3 aromatic heterocycles. The van der Waals surface area contributed by atoms with Gasteiger partial charge in [0.25, 0.3) is 6.71 Å². The van der Waals surface area contributed by atoms with Crippen LogP contribution in [-0.2, 0) is 21.7 Å². The van der Waals surface area contributed by atoms with Gasteiger partial charge in [0.1, 0.15) is 0 Å². The Morgan fingerprint density at radius 1 is 0.231 bits per heavy atom.